The quantitative estimate of drug-likeness (QED) is 0.239. The van der Waals surface area contributed by atoms with E-state index in [-0.39, 0.29) is 12.0 Å². The van der Waals surface area contributed by atoms with Crippen LogP contribution < -0.4 is 15.8 Å². The van der Waals surface area contributed by atoms with E-state index in [2.05, 4.69) is 36.1 Å². The number of urea groups is 1. The SMILES string of the molecule is CN(C(=O)Nc1cc(C(F)(F)F)cn(C)c1=O)C1CCC(c2cnc3c(n2)c(N2CCOCC2)cn3COCC[Si](C)(C)C)CC1. The zero-order valence-corrected chi connectivity index (χ0v) is 28.2. The van der Waals surface area contributed by atoms with E-state index in [1.54, 1.807) is 7.05 Å². The highest BCUT2D eigenvalue weighted by Gasteiger charge is 2.33. The van der Waals surface area contributed by atoms with Crippen molar-refractivity contribution in [3.8, 4) is 0 Å². The number of aryl methyl sites for hydroxylation is 1. The summed E-state index contributed by atoms with van der Waals surface area (Å²) in [6.07, 6.45) is 2.88. The van der Waals surface area contributed by atoms with Crippen molar-refractivity contribution < 1.29 is 27.4 Å². The Morgan fingerprint density at radius 3 is 2.50 bits per heavy atom. The molecule has 0 aromatic carbocycles. The lowest BCUT2D eigenvalue weighted by Gasteiger charge is -2.34. The summed E-state index contributed by atoms with van der Waals surface area (Å²) >= 11 is 0. The zero-order valence-electron chi connectivity index (χ0n) is 27.2. The summed E-state index contributed by atoms with van der Waals surface area (Å²) in [4.78, 5) is 39.2. The molecule has 1 aliphatic carbocycles. The number of pyridine rings is 1. The molecule has 1 saturated heterocycles. The van der Waals surface area contributed by atoms with Crippen LogP contribution in [0.5, 0.6) is 0 Å². The number of rotatable bonds is 9. The predicted octanol–water partition coefficient (Wildman–Crippen LogP) is 5.49. The summed E-state index contributed by atoms with van der Waals surface area (Å²) in [6.45, 7) is 11.0. The van der Waals surface area contributed by atoms with Crippen molar-refractivity contribution in [3.05, 3.63) is 46.3 Å². The number of anilines is 2. The minimum absolute atomic E-state index is 0.138. The maximum Gasteiger partial charge on any atom is 0.417 e. The summed E-state index contributed by atoms with van der Waals surface area (Å²) in [6, 6.07) is 1.00. The van der Waals surface area contributed by atoms with E-state index >= 15 is 0 Å². The molecule has 3 aromatic rings. The van der Waals surface area contributed by atoms with Gasteiger partial charge in [-0.15, -0.1) is 0 Å². The van der Waals surface area contributed by atoms with Crippen molar-refractivity contribution in [3.63, 3.8) is 0 Å². The molecule has 0 atom stereocenters. The second-order valence-corrected chi connectivity index (χ2v) is 19.1. The van der Waals surface area contributed by atoms with Gasteiger partial charge in [-0.05, 0) is 37.8 Å². The van der Waals surface area contributed by atoms with Gasteiger partial charge >= 0.3 is 12.2 Å². The Balaban J connectivity index is 1.26. The van der Waals surface area contributed by atoms with E-state index in [9.17, 15) is 22.8 Å². The second kappa shape index (κ2) is 13.7. The maximum absolute atomic E-state index is 13.3. The summed E-state index contributed by atoms with van der Waals surface area (Å²) in [5, 5.41) is 2.40. The number of nitrogens with zero attached hydrogens (tertiary/aromatic N) is 6. The van der Waals surface area contributed by atoms with Gasteiger partial charge in [0.05, 0.1) is 36.4 Å². The molecular weight excluding hydrogens is 619 g/mol. The smallest absolute Gasteiger partial charge is 0.378 e. The van der Waals surface area contributed by atoms with Crippen molar-refractivity contribution in [1.29, 1.82) is 0 Å². The highest BCUT2D eigenvalue weighted by atomic mass is 28.3. The van der Waals surface area contributed by atoms with Crippen LogP contribution in [0.4, 0.5) is 29.3 Å². The molecule has 5 rings (SSSR count). The van der Waals surface area contributed by atoms with Gasteiger partial charge in [0, 0.05) is 66.2 Å². The Labute approximate surface area is 267 Å². The summed E-state index contributed by atoms with van der Waals surface area (Å²) in [7, 11) is 1.62. The van der Waals surface area contributed by atoms with E-state index in [0.717, 1.165) is 59.1 Å². The van der Waals surface area contributed by atoms with E-state index in [1.165, 1.54) is 11.9 Å². The van der Waals surface area contributed by atoms with Crippen LogP contribution in [0.25, 0.3) is 11.2 Å². The van der Waals surface area contributed by atoms with E-state index in [4.69, 9.17) is 19.4 Å². The molecular formula is C31H44F3N7O4Si. The molecule has 3 aromatic heterocycles. The Kier molecular flexibility index (Phi) is 10.1. The number of alkyl halides is 3. The molecule has 2 aliphatic rings. The van der Waals surface area contributed by atoms with Crippen molar-refractivity contribution in [2.45, 2.75) is 76.2 Å². The van der Waals surface area contributed by atoms with Crippen molar-refractivity contribution >= 4 is 36.6 Å². The number of hydrogen-bond donors (Lipinski definition) is 1. The molecule has 11 nitrogen and oxygen atoms in total. The van der Waals surface area contributed by atoms with Crippen LogP contribution >= 0.6 is 0 Å². The van der Waals surface area contributed by atoms with Crippen LogP contribution in [0.15, 0.2) is 29.5 Å². The first-order valence-corrected chi connectivity index (χ1v) is 19.5. The molecule has 0 bridgehead atoms. The largest absolute Gasteiger partial charge is 0.417 e. The Morgan fingerprint density at radius 1 is 1.15 bits per heavy atom. The van der Waals surface area contributed by atoms with Gasteiger partial charge in [-0.2, -0.15) is 13.2 Å². The van der Waals surface area contributed by atoms with Crippen LogP contribution in [0.1, 0.15) is 42.9 Å². The van der Waals surface area contributed by atoms with Crippen molar-refractivity contribution in [1.82, 2.24) is 24.0 Å². The monoisotopic (exact) mass is 663 g/mol. The number of carbonyl (C=O) groups excluding carboxylic acids is 1. The fourth-order valence-corrected chi connectivity index (χ4v) is 6.76. The van der Waals surface area contributed by atoms with Gasteiger partial charge < -0.3 is 33.7 Å². The lowest BCUT2D eigenvalue weighted by Crippen LogP contribution is -2.42. The first-order chi connectivity index (χ1) is 21.7. The number of fused-ring (bicyclic) bond motifs is 1. The summed E-state index contributed by atoms with van der Waals surface area (Å²) in [5.74, 6) is 0.147. The summed E-state index contributed by atoms with van der Waals surface area (Å²) < 4.78 is 54.3. The average molecular weight is 664 g/mol. The van der Waals surface area contributed by atoms with E-state index < -0.39 is 37.1 Å². The van der Waals surface area contributed by atoms with Crippen LogP contribution in [0.2, 0.25) is 25.7 Å². The molecule has 0 spiro atoms. The number of morpholine rings is 1. The topological polar surface area (TPSA) is 107 Å². The zero-order chi connectivity index (χ0) is 33.2. The predicted molar refractivity (Wildman–Crippen MR) is 173 cm³/mol. The average Bonchev–Trinajstić information content (AvgIpc) is 3.38. The number of carbonyl (C=O) groups is 1. The van der Waals surface area contributed by atoms with Crippen LogP contribution in [-0.4, -0.2) is 84.1 Å². The van der Waals surface area contributed by atoms with Crippen molar-refractivity contribution in [2.24, 2.45) is 7.05 Å². The van der Waals surface area contributed by atoms with E-state index in [0.29, 0.717) is 51.7 Å². The molecule has 252 valence electrons. The van der Waals surface area contributed by atoms with Gasteiger partial charge in [0.15, 0.2) is 5.65 Å². The van der Waals surface area contributed by atoms with Crippen LogP contribution in [0, 0.1) is 0 Å². The molecule has 0 radical (unpaired) electrons. The molecule has 4 heterocycles. The Morgan fingerprint density at radius 2 is 1.85 bits per heavy atom. The molecule has 1 aliphatic heterocycles. The molecule has 2 amide bonds. The molecule has 1 saturated carbocycles. The first-order valence-electron chi connectivity index (χ1n) is 15.8. The molecule has 0 unspecified atom stereocenters. The minimum atomic E-state index is -4.65. The number of amides is 2. The van der Waals surface area contributed by atoms with Gasteiger partial charge in [0.1, 0.15) is 17.9 Å². The highest BCUT2D eigenvalue weighted by molar-refractivity contribution is 6.76. The number of aromatic nitrogens is 4. The number of ether oxygens (including phenoxy) is 2. The normalized spacial score (nSPS) is 19.4. The lowest BCUT2D eigenvalue weighted by atomic mass is 9.83. The van der Waals surface area contributed by atoms with Gasteiger partial charge in [0.2, 0.25) is 0 Å². The number of halogens is 3. The molecule has 15 heteroatoms. The third kappa shape index (κ3) is 7.92. The minimum Gasteiger partial charge on any atom is -0.378 e. The van der Waals surface area contributed by atoms with Gasteiger partial charge in [0.25, 0.3) is 5.56 Å². The highest BCUT2D eigenvalue weighted by Crippen LogP contribution is 2.36. The van der Waals surface area contributed by atoms with Crippen LogP contribution in [0.3, 0.4) is 0 Å². The Hall–Kier alpha value is -3.43. The van der Waals surface area contributed by atoms with E-state index in [1.807, 2.05) is 10.8 Å². The third-order valence-electron chi connectivity index (χ3n) is 8.88. The molecule has 2 fully saturated rings. The fraction of sp³-hybridized carbons (Fsp3) is 0.613. The van der Waals surface area contributed by atoms with Gasteiger partial charge in [-0.25, -0.2) is 14.8 Å². The Bertz CT molecular complexity index is 1590. The third-order valence-corrected chi connectivity index (χ3v) is 10.6. The first kappa shape index (κ1) is 33.9. The van der Waals surface area contributed by atoms with Crippen LogP contribution in [-0.2, 0) is 29.4 Å². The van der Waals surface area contributed by atoms with Gasteiger partial charge in [-0.1, -0.05) is 19.6 Å². The molecule has 1 N–H and O–H groups in total. The fourth-order valence-electron chi connectivity index (χ4n) is 6.00. The van der Waals surface area contributed by atoms with Crippen molar-refractivity contribution in [2.75, 3.05) is 50.2 Å². The molecule has 46 heavy (non-hydrogen) atoms. The number of hydrogen-bond acceptors (Lipinski definition) is 7. The summed E-state index contributed by atoms with van der Waals surface area (Å²) in [5.41, 5.74) is 1.42. The number of nitrogens with one attached hydrogen (secondary N) is 1. The second-order valence-electron chi connectivity index (χ2n) is 13.5. The maximum atomic E-state index is 13.3. The standard InChI is InChI=1S/C31H44F3N7O4Si/c1-38-18-22(31(32,33)34)16-24(29(38)42)37-30(43)39(2)23-8-6-21(7-9-23)25-17-35-28-27(36-25)26(40-10-12-44-13-11-40)19-41(28)20-45-14-15-46(3,4)5/h16-19,21,23H,6-15,20H2,1-5H3,(H,37,43). The van der Waals surface area contributed by atoms with Gasteiger partial charge in [-0.3, -0.25) is 4.79 Å². The lowest BCUT2D eigenvalue weighted by molar-refractivity contribution is -0.138.